The maximum atomic E-state index is 4.48. The summed E-state index contributed by atoms with van der Waals surface area (Å²) in [4.78, 5) is 12.7. The third-order valence-electron chi connectivity index (χ3n) is 4.34. The summed E-state index contributed by atoms with van der Waals surface area (Å²) in [6, 6.07) is 11.0. The minimum absolute atomic E-state index is 0.376. The summed E-state index contributed by atoms with van der Waals surface area (Å²) in [5.41, 5.74) is 2.62. The fraction of sp³-hybridized carbons (Fsp3) is 0.333. The van der Waals surface area contributed by atoms with E-state index in [-0.39, 0.29) is 0 Å². The number of hydrogen-bond acceptors (Lipinski definition) is 4. The first kappa shape index (κ1) is 15.9. The molecule has 120 valence electrons. The van der Waals surface area contributed by atoms with Gasteiger partial charge in [-0.25, -0.2) is 9.97 Å². The number of likely N-dealkylation sites (N-methyl/N-ethyl adjacent to an activating group) is 1. The minimum atomic E-state index is 0.376. The molecule has 0 aliphatic rings. The molecule has 1 atom stereocenters. The lowest BCUT2D eigenvalue weighted by Crippen LogP contribution is -3.06. The summed E-state index contributed by atoms with van der Waals surface area (Å²) < 4.78 is 0. The first-order valence-electron chi connectivity index (χ1n) is 7.87. The number of aryl methyl sites for hydroxylation is 2. The average molecular weight is 327 g/mol. The Hall–Kier alpha value is -1.98. The highest BCUT2D eigenvalue weighted by Gasteiger charge is 2.19. The standard InChI is InChI=1S/C18H22N4S/c1-12-13(2)23-18-16(12)17(20-11-21-18)19-10-15(22(3)4)14-8-6-5-7-9-14/h5-9,11,15H,10H2,1-4H3,(H,19,20,21)/p+1/t15-/m0/s1. The van der Waals surface area contributed by atoms with Gasteiger partial charge in [-0.1, -0.05) is 30.3 Å². The largest absolute Gasteiger partial charge is 0.363 e. The Balaban J connectivity index is 1.87. The van der Waals surface area contributed by atoms with Crippen LogP contribution in [0.5, 0.6) is 0 Å². The number of aromatic nitrogens is 2. The maximum absolute atomic E-state index is 4.48. The molecule has 3 aromatic rings. The number of nitrogens with one attached hydrogen (secondary N) is 2. The number of benzene rings is 1. The molecule has 23 heavy (non-hydrogen) atoms. The summed E-state index contributed by atoms with van der Waals surface area (Å²) in [6.07, 6.45) is 1.65. The van der Waals surface area contributed by atoms with Gasteiger partial charge in [0.25, 0.3) is 0 Å². The van der Waals surface area contributed by atoms with Crippen LogP contribution < -0.4 is 10.2 Å². The first-order valence-corrected chi connectivity index (χ1v) is 8.69. The van der Waals surface area contributed by atoms with Crippen LogP contribution in [0, 0.1) is 13.8 Å². The fourth-order valence-electron chi connectivity index (χ4n) is 2.86. The van der Waals surface area contributed by atoms with Gasteiger partial charge in [-0.2, -0.15) is 0 Å². The van der Waals surface area contributed by atoms with Gasteiger partial charge in [0.2, 0.25) is 0 Å². The Kier molecular flexibility index (Phi) is 4.59. The van der Waals surface area contributed by atoms with E-state index in [0.717, 1.165) is 22.6 Å². The molecule has 4 nitrogen and oxygen atoms in total. The van der Waals surface area contributed by atoms with E-state index in [4.69, 9.17) is 0 Å². The molecule has 0 spiro atoms. The van der Waals surface area contributed by atoms with Gasteiger partial charge >= 0.3 is 0 Å². The Bertz CT molecular complexity index is 795. The van der Waals surface area contributed by atoms with Gasteiger partial charge in [-0.3, -0.25) is 0 Å². The molecule has 0 aliphatic heterocycles. The predicted molar refractivity (Wildman–Crippen MR) is 97.4 cm³/mol. The second-order valence-electron chi connectivity index (χ2n) is 6.11. The van der Waals surface area contributed by atoms with Gasteiger partial charge in [-0.05, 0) is 19.4 Å². The highest BCUT2D eigenvalue weighted by atomic mass is 32.1. The van der Waals surface area contributed by atoms with Crippen LogP contribution >= 0.6 is 11.3 Å². The highest BCUT2D eigenvalue weighted by molar-refractivity contribution is 7.18. The Morgan fingerprint density at radius 1 is 1.13 bits per heavy atom. The third-order valence-corrected chi connectivity index (χ3v) is 5.45. The molecule has 0 fully saturated rings. The van der Waals surface area contributed by atoms with E-state index in [1.54, 1.807) is 17.7 Å². The summed E-state index contributed by atoms with van der Waals surface area (Å²) in [6.45, 7) is 5.13. The van der Waals surface area contributed by atoms with E-state index < -0.39 is 0 Å². The van der Waals surface area contributed by atoms with Gasteiger partial charge in [0.1, 0.15) is 23.0 Å². The van der Waals surface area contributed by atoms with Crippen LogP contribution in [0.2, 0.25) is 0 Å². The molecular weight excluding hydrogens is 304 g/mol. The molecule has 0 unspecified atom stereocenters. The van der Waals surface area contributed by atoms with Crippen LogP contribution in [0.3, 0.4) is 0 Å². The second kappa shape index (κ2) is 6.64. The summed E-state index contributed by atoms with van der Waals surface area (Å²) in [5, 5.41) is 4.72. The maximum Gasteiger partial charge on any atom is 0.138 e. The highest BCUT2D eigenvalue weighted by Crippen LogP contribution is 2.32. The monoisotopic (exact) mass is 327 g/mol. The zero-order chi connectivity index (χ0) is 16.4. The lowest BCUT2D eigenvalue weighted by molar-refractivity contribution is -0.890. The minimum Gasteiger partial charge on any atom is -0.363 e. The average Bonchev–Trinajstić information content (AvgIpc) is 2.84. The first-order chi connectivity index (χ1) is 11.1. The fourth-order valence-corrected chi connectivity index (χ4v) is 3.85. The quantitative estimate of drug-likeness (QED) is 0.757. The van der Waals surface area contributed by atoms with Crippen molar-refractivity contribution in [1.82, 2.24) is 9.97 Å². The van der Waals surface area contributed by atoms with Crippen LogP contribution in [0.15, 0.2) is 36.7 Å². The zero-order valence-corrected chi connectivity index (χ0v) is 14.9. The van der Waals surface area contributed by atoms with Crippen LogP contribution in [-0.2, 0) is 0 Å². The van der Waals surface area contributed by atoms with Crippen LogP contribution in [0.4, 0.5) is 5.82 Å². The van der Waals surface area contributed by atoms with E-state index in [1.807, 2.05) is 0 Å². The number of fused-ring (bicyclic) bond motifs is 1. The molecule has 2 heterocycles. The molecule has 0 amide bonds. The van der Waals surface area contributed by atoms with Crippen molar-refractivity contribution in [3.8, 4) is 0 Å². The van der Waals surface area contributed by atoms with Gasteiger partial charge in [0.15, 0.2) is 0 Å². The Morgan fingerprint density at radius 3 is 2.57 bits per heavy atom. The van der Waals surface area contributed by atoms with Crippen molar-refractivity contribution in [2.75, 3.05) is 26.0 Å². The van der Waals surface area contributed by atoms with E-state index in [2.05, 4.69) is 73.6 Å². The van der Waals surface area contributed by atoms with Crippen LogP contribution in [0.1, 0.15) is 22.0 Å². The molecule has 2 aromatic heterocycles. The van der Waals surface area contributed by atoms with Crippen molar-refractivity contribution in [3.05, 3.63) is 52.7 Å². The molecule has 0 aliphatic carbocycles. The molecule has 1 aromatic carbocycles. The Morgan fingerprint density at radius 2 is 1.87 bits per heavy atom. The topological polar surface area (TPSA) is 42.2 Å². The van der Waals surface area contributed by atoms with Gasteiger partial charge < -0.3 is 10.2 Å². The molecule has 3 rings (SSSR count). The molecule has 0 saturated carbocycles. The van der Waals surface area contributed by atoms with Crippen molar-refractivity contribution < 1.29 is 4.90 Å². The predicted octanol–water partition coefficient (Wildman–Crippen LogP) is 2.61. The lowest BCUT2D eigenvalue weighted by Gasteiger charge is -2.22. The van der Waals surface area contributed by atoms with Gasteiger partial charge in [0, 0.05) is 10.4 Å². The summed E-state index contributed by atoms with van der Waals surface area (Å²) in [7, 11) is 4.38. The summed E-state index contributed by atoms with van der Waals surface area (Å²) >= 11 is 1.73. The van der Waals surface area contributed by atoms with E-state index >= 15 is 0 Å². The molecule has 0 saturated heterocycles. The molecule has 0 radical (unpaired) electrons. The number of hydrogen-bond donors (Lipinski definition) is 2. The van der Waals surface area contributed by atoms with Crippen molar-refractivity contribution in [2.24, 2.45) is 0 Å². The molecule has 0 bridgehead atoms. The third kappa shape index (κ3) is 3.21. The Labute approximate surface area is 141 Å². The van der Waals surface area contributed by atoms with E-state index in [9.17, 15) is 0 Å². The molecule has 2 N–H and O–H groups in total. The number of nitrogens with zero attached hydrogens (tertiary/aromatic N) is 2. The second-order valence-corrected chi connectivity index (χ2v) is 7.31. The van der Waals surface area contributed by atoms with Gasteiger partial charge in [-0.15, -0.1) is 11.3 Å². The SMILES string of the molecule is Cc1sc2ncnc(NC[C@@H](c3ccccc3)[NH+](C)C)c2c1C. The van der Waals surface area contributed by atoms with Crippen molar-refractivity contribution in [3.63, 3.8) is 0 Å². The number of rotatable bonds is 5. The van der Waals surface area contributed by atoms with Crippen molar-refractivity contribution >= 4 is 27.4 Å². The van der Waals surface area contributed by atoms with E-state index in [0.29, 0.717) is 6.04 Å². The number of anilines is 1. The number of quaternary nitrogens is 1. The number of thiophene rings is 1. The van der Waals surface area contributed by atoms with Crippen molar-refractivity contribution in [1.29, 1.82) is 0 Å². The molecular formula is C18H23N4S+. The normalized spacial score (nSPS) is 12.7. The smallest absolute Gasteiger partial charge is 0.138 e. The lowest BCUT2D eigenvalue weighted by atomic mass is 10.1. The molecule has 5 heteroatoms. The van der Waals surface area contributed by atoms with E-state index in [1.165, 1.54) is 20.9 Å². The van der Waals surface area contributed by atoms with Crippen LogP contribution in [-0.4, -0.2) is 30.6 Å². The van der Waals surface area contributed by atoms with Gasteiger partial charge in [0.05, 0.1) is 26.0 Å². The summed E-state index contributed by atoms with van der Waals surface area (Å²) in [5.74, 6) is 0.944. The van der Waals surface area contributed by atoms with Crippen molar-refractivity contribution in [2.45, 2.75) is 19.9 Å². The zero-order valence-electron chi connectivity index (χ0n) is 14.1. The van der Waals surface area contributed by atoms with Crippen LogP contribution in [0.25, 0.3) is 10.2 Å².